The Balaban J connectivity index is 0.00000364. The third-order valence-electron chi connectivity index (χ3n) is 5.17. The average Bonchev–Trinajstić information content (AvgIpc) is 2.88. The summed E-state index contributed by atoms with van der Waals surface area (Å²) in [5.41, 5.74) is 6.18. The normalized spacial score (nSPS) is 16.8. The second kappa shape index (κ2) is 12.3. The summed E-state index contributed by atoms with van der Waals surface area (Å²) in [7, 11) is 0. The van der Waals surface area contributed by atoms with Gasteiger partial charge in [0.25, 0.3) is 0 Å². The van der Waals surface area contributed by atoms with Gasteiger partial charge in [0, 0.05) is 39.3 Å². The smallest absolute Gasteiger partial charge is 0.247 e. The summed E-state index contributed by atoms with van der Waals surface area (Å²) in [4.78, 5) is 31.2. The van der Waals surface area contributed by atoms with E-state index in [4.69, 9.17) is 5.73 Å². The lowest BCUT2D eigenvalue weighted by Gasteiger charge is -2.31. The fourth-order valence-electron chi connectivity index (χ4n) is 3.44. The van der Waals surface area contributed by atoms with Crippen LogP contribution in [0.1, 0.15) is 32.8 Å². The topological polar surface area (TPSA) is 69.9 Å². The van der Waals surface area contributed by atoms with Crippen molar-refractivity contribution in [2.45, 2.75) is 32.7 Å². The first-order valence-electron chi connectivity index (χ1n) is 9.54. The third-order valence-corrected chi connectivity index (χ3v) is 5.17. The van der Waals surface area contributed by atoms with E-state index >= 15 is 0 Å². The van der Waals surface area contributed by atoms with Crippen LogP contribution < -0.4 is 5.73 Å². The highest BCUT2D eigenvalue weighted by Gasteiger charge is 2.35. The van der Waals surface area contributed by atoms with Gasteiger partial charge >= 0.3 is 0 Å². The number of nitrogens with two attached hydrogens (primary N) is 1. The average molecular weight is 433 g/mol. The van der Waals surface area contributed by atoms with Crippen LogP contribution in [0.3, 0.4) is 0 Å². The summed E-state index contributed by atoms with van der Waals surface area (Å²) in [5.74, 6) is 0.100. The number of amides is 2. The largest absolute Gasteiger partial charge is 0.342 e. The summed E-state index contributed by atoms with van der Waals surface area (Å²) in [6, 6.07) is 9.50. The molecular formula is C20H34Cl2N4O2. The molecule has 28 heavy (non-hydrogen) atoms. The van der Waals surface area contributed by atoms with E-state index in [1.807, 2.05) is 54.0 Å². The minimum absolute atomic E-state index is 0. The zero-order valence-electron chi connectivity index (χ0n) is 17.1. The number of hydrogen-bond donors (Lipinski definition) is 1. The monoisotopic (exact) mass is 432 g/mol. The van der Waals surface area contributed by atoms with Gasteiger partial charge in [-0.1, -0.05) is 30.3 Å². The molecule has 0 radical (unpaired) electrons. The van der Waals surface area contributed by atoms with Crippen LogP contribution in [-0.4, -0.2) is 72.3 Å². The molecule has 1 aliphatic rings. The highest BCUT2D eigenvalue weighted by atomic mass is 35.5. The lowest BCUT2D eigenvalue weighted by Crippen LogP contribution is -2.52. The number of rotatable bonds is 6. The highest BCUT2D eigenvalue weighted by molar-refractivity contribution is 5.87. The predicted molar refractivity (Wildman–Crippen MR) is 118 cm³/mol. The SMILES string of the molecule is CCN(CC)C(=O)CN1CCCN(C(=O)C(C)(N)c2ccccc2)CC1.Cl.Cl. The Hall–Kier alpha value is -1.34. The molecule has 0 bridgehead atoms. The van der Waals surface area contributed by atoms with Crippen LogP contribution in [0.15, 0.2) is 30.3 Å². The van der Waals surface area contributed by atoms with Crippen molar-refractivity contribution in [3.05, 3.63) is 35.9 Å². The number of carbonyl (C=O) groups excluding carboxylic acids is 2. The molecule has 1 aliphatic heterocycles. The first kappa shape index (κ1) is 26.7. The van der Waals surface area contributed by atoms with Crippen molar-refractivity contribution in [3.63, 3.8) is 0 Å². The molecule has 2 amide bonds. The van der Waals surface area contributed by atoms with Gasteiger partial charge in [-0.25, -0.2) is 0 Å². The van der Waals surface area contributed by atoms with Gasteiger partial charge in [-0.15, -0.1) is 24.8 Å². The van der Waals surface area contributed by atoms with Gasteiger partial charge in [-0.05, 0) is 32.8 Å². The van der Waals surface area contributed by atoms with Gasteiger partial charge < -0.3 is 15.5 Å². The van der Waals surface area contributed by atoms with Crippen molar-refractivity contribution < 1.29 is 9.59 Å². The molecule has 0 saturated carbocycles. The Morgan fingerprint density at radius 3 is 2.21 bits per heavy atom. The van der Waals surface area contributed by atoms with E-state index in [1.54, 1.807) is 6.92 Å². The van der Waals surface area contributed by atoms with Crippen molar-refractivity contribution in [3.8, 4) is 0 Å². The van der Waals surface area contributed by atoms with Crippen LogP contribution >= 0.6 is 24.8 Å². The van der Waals surface area contributed by atoms with E-state index in [1.165, 1.54) is 0 Å². The van der Waals surface area contributed by atoms with Crippen LogP contribution in [0.25, 0.3) is 0 Å². The van der Waals surface area contributed by atoms with E-state index in [9.17, 15) is 9.59 Å². The molecule has 1 unspecified atom stereocenters. The molecule has 1 heterocycles. The number of hydrogen-bond acceptors (Lipinski definition) is 4. The van der Waals surface area contributed by atoms with Crippen molar-refractivity contribution in [2.75, 3.05) is 45.8 Å². The summed E-state index contributed by atoms with van der Waals surface area (Å²) in [6.07, 6.45) is 0.849. The molecule has 2 N–H and O–H groups in total. The molecule has 8 heteroatoms. The zero-order valence-corrected chi connectivity index (χ0v) is 18.7. The number of nitrogens with zero attached hydrogens (tertiary/aromatic N) is 3. The Kier molecular flexibility index (Phi) is 11.7. The lowest BCUT2D eigenvalue weighted by atomic mass is 9.91. The van der Waals surface area contributed by atoms with Crippen LogP contribution in [0.4, 0.5) is 0 Å². The Morgan fingerprint density at radius 2 is 1.64 bits per heavy atom. The number of carbonyl (C=O) groups is 2. The van der Waals surface area contributed by atoms with E-state index in [0.29, 0.717) is 26.2 Å². The molecule has 2 rings (SSSR count). The number of halogens is 2. The van der Waals surface area contributed by atoms with Gasteiger partial charge in [0.05, 0.1) is 6.54 Å². The second-order valence-electron chi connectivity index (χ2n) is 7.06. The molecule has 1 fully saturated rings. The van der Waals surface area contributed by atoms with Gasteiger partial charge in [0.1, 0.15) is 5.54 Å². The minimum Gasteiger partial charge on any atom is -0.342 e. The van der Waals surface area contributed by atoms with Crippen LogP contribution in [0.2, 0.25) is 0 Å². The van der Waals surface area contributed by atoms with E-state index in [2.05, 4.69) is 4.90 Å². The van der Waals surface area contributed by atoms with Gasteiger partial charge in [-0.2, -0.15) is 0 Å². The van der Waals surface area contributed by atoms with Gasteiger partial charge in [0.15, 0.2) is 0 Å². The molecular weight excluding hydrogens is 399 g/mol. The number of benzene rings is 1. The van der Waals surface area contributed by atoms with E-state index in [0.717, 1.165) is 31.6 Å². The molecule has 1 atom stereocenters. The molecule has 0 aromatic heterocycles. The molecule has 1 aromatic carbocycles. The zero-order chi connectivity index (χ0) is 19.2. The van der Waals surface area contributed by atoms with E-state index < -0.39 is 5.54 Å². The van der Waals surface area contributed by atoms with Gasteiger partial charge in [-0.3, -0.25) is 14.5 Å². The maximum Gasteiger partial charge on any atom is 0.247 e. The molecule has 0 spiro atoms. The quantitative estimate of drug-likeness (QED) is 0.746. The van der Waals surface area contributed by atoms with Crippen LogP contribution in [0.5, 0.6) is 0 Å². The fourth-order valence-corrected chi connectivity index (χ4v) is 3.44. The van der Waals surface area contributed by atoms with Crippen molar-refractivity contribution in [1.82, 2.24) is 14.7 Å². The van der Waals surface area contributed by atoms with Crippen LogP contribution in [-0.2, 0) is 15.1 Å². The molecule has 1 aromatic rings. The molecule has 0 aliphatic carbocycles. The van der Waals surface area contributed by atoms with E-state index in [-0.39, 0.29) is 36.6 Å². The predicted octanol–water partition coefficient (Wildman–Crippen LogP) is 2.11. The highest BCUT2D eigenvalue weighted by Crippen LogP contribution is 2.21. The first-order chi connectivity index (χ1) is 12.4. The summed E-state index contributed by atoms with van der Waals surface area (Å²) >= 11 is 0. The Bertz CT molecular complexity index is 609. The van der Waals surface area contributed by atoms with Crippen molar-refractivity contribution in [2.24, 2.45) is 5.73 Å². The summed E-state index contributed by atoms with van der Waals surface area (Å²) < 4.78 is 0. The lowest BCUT2D eigenvalue weighted by molar-refractivity contribution is -0.136. The summed E-state index contributed by atoms with van der Waals surface area (Å²) in [5, 5.41) is 0. The second-order valence-corrected chi connectivity index (χ2v) is 7.06. The molecule has 1 saturated heterocycles. The maximum atomic E-state index is 13.0. The third kappa shape index (κ3) is 6.62. The maximum absolute atomic E-state index is 13.0. The van der Waals surface area contributed by atoms with Crippen molar-refractivity contribution >= 4 is 36.6 Å². The number of likely N-dealkylation sites (N-methyl/N-ethyl adjacent to an activating group) is 1. The standard InChI is InChI=1S/C20H32N4O2.2ClH/c1-4-23(5-2)18(25)16-22-12-9-13-24(15-14-22)19(26)20(3,21)17-10-7-6-8-11-17;;/h6-8,10-11H,4-5,9,12-16,21H2,1-3H3;2*1H. The minimum atomic E-state index is -1.03. The molecule has 160 valence electrons. The Morgan fingerprint density at radius 1 is 1.04 bits per heavy atom. The Labute approximate surface area is 181 Å². The van der Waals surface area contributed by atoms with Crippen molar-refractivity contribution in [1.29, 1.82) is 0 Å². The molecule has 6 nitrogen and oxygen atoms in total. The summed E-state index contributed by atoms with van der Waals surface area (Å²) in [6.45, 7) is 10.4. The fraction of sp³-hybridized carbons (Fsp3) is 0.600. The van der Waals surface area contributed by atoms with Crippen LogP contribution in [0, 0.1) is 0 Å². The first-order valence-corrected chi connectivity index (χ1v) is 9.54. The van der Waals surface area contributed by atoms with Gasteiger partial charge in [0.2, 0.25) is 11.8 Å².